The Labute approximate surface area is 97.1 Å². The number of benzene rings is 1. The van der Waals surface area contributed by atoms with Crippen molar-refractivity contribution in [3.8, 4) is 0 Å². The van der Waals surface area contributed by atoms with Crippen LogP contribution in [0, 0.1) is 0 Å². The summed E-state index contributed by atoms with van der Waals surface area (Å²) in [5, 5.41) is 8.97. The van der Waals surface area contributed by atoms with Crippen LogP contribution in [0.15, 0.2) is 24.3 Å². The molecule has 0 aliphatic rings. The zero-order valence-corrected chi connectivity index (χ0v) is 9.51. The molecular weight excluding hydrogens is 233 g/mol. The Morgan fingerprint density at radius 3 is 2.00 bits per heavy atom. The highest BCUT2D eigenvalue weighted by atomic mass is 19.4. The Hall–Kier alpha value is -1.52. The summed E-state index contributed by atoms with van der Waals surface area (Å²) < 4.78 is 36.3. The van der Waals surface area contributed by atoms with Crippen LogP contribution in [0.5, 0.6) is 0 Å². The van der Waals surface area contributed by atoms with Gasteiger partial charge in [-0.1, -0.05) is 24.3 Å². The first-order valence-corrected chi connectivity index (χ1v) is 5.02. The molecule has 0 amide bonds. The van der Waals surface area contributed by atoms with Crippen molar-refractivity contribution in [2.45, 2.75) is 31.9 Å². The largest absolute Gasteiger partial charge is 0.481 e. The van der Waals surface area contributed by atoms with Crippen molar-refractivity contribution in [2.24, 2.45) is 0 Å². The first kappa shape index (κ1) is 13.5. The van der Waals surface area contributed by atoms with Crippen molar-refractivity contribution in [2.75, 3.05) is 0 Å². The second-order valence-electron chi connectivity index (χ2n) is 4.42. The predicted molar refractivity (Wildman–Crippen MR) is 56.9 cm³/mol. The molecule has 0 bridgehead atoms. The fourth-order valence-electron chi connectivity index (χ4n) is 1.39. The van der Waals surface area contributed by atoms with E-state index in [1.807, 2.05) is 0 Å². The van der Waals surface area contributed by atoms with Crippen molar-refractivity contribution < 1.29 is 23.1 Å². The standard InChI is InChI=1S/C12H13F3O2/c1-11(2,10(16)17)9-5-3-8(4-6-9)7-12(13,14)15/h3-6H,7H2,1-2H3,(H,16,17). The molecule has 5 heteroatoms. The van der Waals surface area contributed by atoms with Gasteiger partial charge < -0.3 is 5.11 Å². The van der Waals surface area contributed by atoms with Gasteiger partial charge in [-0.2, -0.15) is 13.2 Å². The number of hydrogen-bond acceptors (Lipinski definition) is 1. The monoisotopic (exact) mass is 246 g/mol. The molecule has 94 valence electrons. The van der Waals surface area contributed by atoms with Crippen LogP contribution in [0.4, 0.5) is 13.2 Å². The molecule has 0 aliphatic carbocycles. The molecule has 17 heavy (non-hydrogen) atoms. The number of hydrogen-bond donors (Lipinski definition) is 1. The zero-order valence-electron chi connectivity index (χ0n) is 9.51. The van der Waals surface area contributed by atoms with Crippen molar-refractivity contribution >= 4 is 5.97 Å². The van der Waals surface area contributed by atoms with Crippen molar-refractivity contribution in [3.63, 3.8) is 0 Å². The van der Waals surface area contributed by atoms with Crippen LogP contribution in [0.3, 0.4) is 0 Å². The maximum Gasteiger partial charge on any atom is 0.393 e. The van der Waals surface area contributed by atoms with E-state index in [1.54, 1.807) is 0 Å². The minimum absolute atomic E-state index is 0.127. The quantitative estimate of drug-likeness (QED) is 0.889. The van der Waals surface area contributed by atoms with Crippen LogP contribution in [0.2, 0.25) is 0 Å². The molecule has 1 rings (SSSR count). The average molecular weight is 246 g/mol. The third-order valence-corrected chi connectivity index (χ3v) is 2.61. The van der Waals surface area contributed by atoms with Crippen LogP contribution in [-0.4, -0.2) is 17.3 Å². The lowest BCUT2D eigenvalue weighted by molar-refractivity contribution is -0.142. The molecule has 0 unspecified atom stereocenters. The van der Waals surface area contributed by atoms with Gasteiger partial charge in [0.05, 0.1) is 11.8 Å². The SMILES string of the molecule is CC(C)(C(=O)O)c1ccc(CC(F)(F)F)cc1. The van der Waals surface area contributed by atoms with Crippen molar-refractivity contribution in [3.05, 3.63) is 35.4 Å². The predicted octanol–water partition coefficient (Wildman–Crippen LogP) is 3.15. The van der Waals surface area contributed by atoms with E-state index in [4.69, 9.17) is 5.11 Å². The summed E-state index contributed by atoms with van der Waals surface area (Å²) in [7, 11) is 0. The van der Waals surface area contributed by atoms with Gasteiger partial charge in [-0.05, 0) is 25.0 Å². The van der Waals surface area contributed by atoms with Gasteiger partial charge in [0.15, 0.2) is 0 Å². The lowest BCUT2D eigenvalue weighted by Gasteiger charge is -2.20. The summed E-state index contributed by atoms with van der Waals surface area (Å²) in [6.07, 6.45) is -5.25. The van der Waals surface area contributed by atoms with Gasteiger partial charge in [0.2, 0.25) is 0 Å². The molecule has 0 fully saturated rings. The molecule has 0 saturated carbocycles. The number of aliphatic carboxylic acids is 1. The summed E-state index contributed by atoms with van der Waals surface area (Å²) in [6.45, 7) is 3.02. The van der Waals surface area contributed by atoms with Gasteiger partial charge in [-0.3, -0.25) is 4.79 Å². The van der Waals surface area contributed by atoms with Crippen LogP contribution < -0.4 is 0 Å². The lowest BCUT2D eigenvalue weighted by atomic mass is 9.84. The summed E-state index contributed by atoms with van der Waals surface area (Å²) in [4.78, 5) is 11.0. The van der Waals surface area contributed by atoms with Gasteiger partial charge in [0.25, 0.3) is 0 Å². The molecule has 2 nitrogen and oxygen atoms in total. The minimum atomic E-state index is -4.25. The van der Waals surface area contributed by atoms with E-state index < -0.39 is 24.0 Å². The van der Waals surface area contributed by atoms with E-state index >= 15 is 0 Å². The van der Waals surface area contributed by atoms with E-state index in [2.05, 4.69) is 0 Å². The first-order chi connectivity index (χ1) is 7.63. The molecule has 1 aromatic rings. The maximum atomic E-state index is 12.1. The summed E-state index contributed by atoms with van der Waals surface area (Å²) >= 11 is 0. The molecular formula is C12H13F3O2. The van der Waals surface area contributed by atoms with Crippen LogP contribution in [0.1, 0.15) is 25.0 Å². The lowest BCUT2D eigenvalue weighted by Crippen LogP contribution is -2.28. The molecule has 0 aromatic heterocycles. The Bertz CT molecular complexity index is 405. The van der Waals surface area contributed by atoms with E-state index in [0.29, 0.717) is 5.56 Å². The Kier molecular flexibility index (Phi) is 3.50. The van der Waals surface area contributed by atoms with E-state index in [1.165, 1.54) is 38.1 Å². The Morgan fingerprint density at radius 2 is 1.65 bits per heavy atom. The molecule has 0 aliphatic heterocycles. The van der Waals surface area contributed by atoms with Crippen LogP contribution >= 0.6 is 0 Å². The van der Waals surface area contributed by atoms with E-state index in [-0.39, 0.29) is 5.56 Å². The van der Waals surface area contributed by atoms with Crippen LogP contribution in [0.25, 0.3) is 0 Å². The number of alkyl halides is 3. The fraction of sp³-hybridized carbons (Fsp3) is 0.417. The third kappa shape index (κ3) is 3.47. The van der Waals surface area contributed by atoms with Gasteiger partial charge in [0, 0.05) is 0 Å². The molecule has 0 heterocycles. The van der Waals surface area contributed by atoms with Gasteiger partial charge in [-0.25, -0.2) is 0 Å². The van der Waals surface area contributed by atoms with Gasteiger partial charge in [-0.15, -0.1) is 0 Å². The number of carboxylic acid groups (broad SMARTS) is 1. The third-order valence-electron chi connectivity index (χ3n) is 2.61. The van der Waals surface area contributed by atoms with Crippen molar-refractivity contribution in [1.29, 1.82) is 0 Å². The second kappa shape index (κ2) is 4.39. The molecule has 0 saturated heterocycles. The van der Waals surface area contributed by atoms with E-state index in [0.717, 1.165) is 0 Å². The molecule has 0 atom stereocenters. The second-order valence-corrected chi connectivity index (χ2v) is 4.42. The normalized spacial score (nSPS) is 12.5. The number of carboxylic acids is 1. The molecule has 1 aromatic carbocycles. The highest BCUT2D eigenvalue weighted by molar-refractivity contribution is 5.80. The molecule has 0 spiro atoms. The summed E-state index contributed by atoms with van der Waals surface area (Å²) in [6, 6.07) is 5.48. The average Bonchev–Trinajstić information content (AvgIpc) is 2.15. The van der Waals surface area contributed by atoms with Gasteiger partial charge >= 0.3 is 12.1 Å². The minimum Gasteiger partial charge on any atom is -0.481 e. The van der Waals surface area contributed by atoms with E-state index in [9.17, 15) is 18.0 Å². The molecule has 0 radical (unpaired) electrons. The van der Waals surface area contributed by atoms with Crippen molar-refractivity contribution in [1.82, 2.24) is 0 Å². The number of halogens is 3. The van der Waals surface area contributed by atoms with Crippen LogP contribution in [-0.2, 0) is 16.6 Å². The number of rotatable bonds is 3. The first-order valence-electron chi connectivity index (χ1n) is 5.02. The topological polar surface area (TPSA) is 37.3 Å². The fourth-order valence-corrected chi connectivity index (χ4v) is 1.39. The number of carbonyl (C=O) groups is 1. The highest BCUT2D eigenvalue weighted by Crippen LogP contribution is 2.26. The smallest absolute Gasteiger partial charge is 0.393 e. The van der Waals surface area contributed by atoms with Gasteiger partial charge in [0.1, 0.15) is 0 Å². The highest BCUT2D eigenvalue weighted by Gasteiger charge is 2.30. The maximum absolute atomic E-state index is 12.1. The summed E-state index contributed by atoms with van der Waals surface area (Å²) in [5.41, 5.74) is -0.491. The Morgan fingerprint density at radius 1 is 1.18 bits per heavy atom. The zero-order chi connectivity index (χ0) is 13.3. The summed E-state index contributed by atoms with van der Waals surface area (Å²) in [5.74, 6) is -1.01. The Balaban J connectivity index is 2.93. The molecule has 1 N–H and O–H groups in total.